The Morgan fingerprint density at radius 3 is 2.50 bits per heavy atom. The Morgan fingerprint density at radius 2 is 1.96 bits per heavy atom. The quantitative estimate of drug-likeness (QED) is 0.808. The van der Waals surface area contributed by atoms with E-state index in [4.69, 9.17) is 0 Å². The molecule has 0 atom stereocenters. The van der Waals surface area contributed by atoms with Gasteiger partial charge in [0.25, 0.3) is 0 Å². The fraction of sp³-hybridized carbons (Fsp3) is 0.412. The molecule has 0 heterocycles. The van der Waals surface area contributed by atoms with Crippen molar-refractivity contribution in [3.05, 3.63) is 47.0 Å². The number of benzene rings is 1. The molecule has 132 valence electrons. The zero-order valence-electron chi connectivity index (χ0n) is 13.9. The summed E-state index contributed by atoms with van der Waals surface area (Å²) < 4.78 is 38.4. The minimum absolute atomic E-state index is 0.0783. The van der Waals surface area contributed by atoms with E-state index < -0.39 is 11.7 Å². The molecule has 1 aromatic rings. The molecule has 0 saturated carbocycles. The number of hydrogen-bond donors (Lipinski definition) is 1. The lowest BCUT2D eigenvalue weighted by Gasteiger charge is -2.23. The van der Waals surface area contributed by atoms with Crippen molar-refractivity contribution < 1.29 is 22.8 Å². The highest BCUT2D eigenvalue weighted by atomic mass is 19.4. The number of carbonyl (C=O) groups is 2. The second-order valence-electron chi connectivity index (χ2n) is 5.33. The highest BCUT2D eigenvalue weighted by Gasteiger charge is 2.30. The van der Waals surface area contributed by atoms with Crippen molar-refractivity contribution in [2.24, 2.45) is 0 Å². The molecule has 1 aromatic carbocycles. The Hall–Kier alpha value is -2.31. The van der Waals surface area contributed by atoms with Gasteiger partial charge in [0, 0.05) is 19.2 Å². The molecule has 0 unspecified atom stereocenters. The fourth-order valence-electron chi connectivity index (χ4n) is 2.16. The Morgan fingerprint density at radius 1 is 1.29 bits per heavy atom. The van der Waals surface area contributed by atoms with Gasteiger partial charge in [0.1, 0.15) is 6.54 Å². The van der Waals surface area contributed by atoms with Crippen LogP contribution in [-0.4, -0.2) is 30.3 Å². The van der Waals surface area contributed by atoms with Gasteiger partial charge < -0.3 is 10.2 Å². The van der Waals surface area contributed by atoms with Gasteiger partial charge in [0.15, 0.2) is 0 Å². The molecule has 0 radical (unpaired) electrons. The van der Waals surface area contributed by atoms with Crippen molar-refractivity contribution in [3.8, 4) is 0 Å². The van der Waals surface area contributed by atoms with Crippen LogP contribution in [-0.2, 0) is 22.3 Å². The van der Waals surface area contributed by atoms with Gasteiger partial charge in [-0.15, -0.1) is 0 Å². The second-order valence-corrected chi connectivity index (χ2v) is 5.33. The highest BCUT2D eigenvalue weighted by molar-refractivity contribution is 5.95. The lowest BCUT2D eigenvalue weighted by Crippen LogP contribution is -2.39. The molecule has 0 aliphatic carbocycles. The molecule has 0 aliphatic heterocycles. The third kappa shape index (κ3) is 5.72. The third-order valence-corrected chi connectivity index (χ3v) is 3.38. The summed E-state index contributed by atoms with van der Waals surface area (Å²) in [6.45, 7) is 3.19. The van der Waals surface area contributed by atoms with Gasteiger partial charge in [-0.05, 0) is 31.0 Å². The monoisotopic (exact) mass is 342 g/mol. The first-order chi connectivity index (χ1) is 11.2. The van der Waals surface area contributed by atoms with Gasteiger partial charge in [-0.3, -0.25) is 9.59 Å². The van der Waals surface area contributed by atoms with E-state index in [1.807, 2.05) is 6.92 Å². The van der Waals surface area contributed by atoms with Crippen LogP contribution in [0.5, 0.6) is 0 Å². The van der Waals surface area contributed by atoms with E-state index in [-0.39, 0.29) is 24.9 Å². The number of alkyl halides is 3. The Labute approximate surface area is 139 Å². The van der Waals surface area contributed by atoms with Crippen LogP contribution in [0.2, 0.25) is 0 Å². The lowest BCUT2D eigenvalue weighted by molar-refractivity contribution is -0.137. The molecule has 1 N–H and O–H groups in total. The molecule has 4 nitrogen and oxygen atoms in total. The van der Waals surface area contributed by atoms with Crippen LogP contribution in [0.1, 0.15) is 31.4 Å². The lowest BCUT2D eigenvalue weighted by atomic mass is 10.1. The zero-order valence-corrected chi connectivity index (χ0v) is 13.9. The highest BCUT2D eigenvalue weighted by Crippen LogP contribution is 2.29. The van der Waals surface area contributed by atoms with E-state index in [9.17, 15) is 22.8 Å². The predicted octanol–water partition coefficient (Wildman–Crippen LogP) is 3.14. The second kappa shape index (κ2) is 8.52. The number of nitrogens with zero attached hydrogens (tertiary/aromatic N) is 1. The molecule has 2 amide bonds. The molecule has 7 heteroatoms. The van der Waals surface area contributed by atoms with Gasteiger partial charge in [-0.1, -0.05) is 25.1 Å². The number of carbonyl (C=O) groups excluding carboxylic acids is 2. The van der Waals surface area contributed by atoms with Crippen LogP contribution in [0.4, 0.5) is 13.2 Å². The molecule has 0 bridgehead atoms. The zero-order chi connectivity index (χ0) is 18.3. The van der Waals surface area contributed by atoms with Crippen LogP contribution in [0.25, 0.3) is 0 Å². The fourth-order valence-corrected chi connectivity index (χ4v) is 2.16. The summed E-state index contributed by atoms with van der Waals surface area (Å²) in [4.78, 5) is 25.3. The van der Waals surface area contributed by atoms with Gasteiger partial charge >= 0.3 is 6.18 Å². The van der Waals surface area contributed by atoms with E-state index in [0.29, 0.717) is 17.6 Å². The topological polar surface area (TPSA) is 49.4 Å². The minimum Gasteiger partial charge on any atom is -0.358 e. The maximum atomic E-state index is 12.8. The average molecular weight is 342 g/mol. The minimum atomic E-state index is -4.45. The molecule has 0 aliphatic rings. The smallest absolute Gasteiger partial charge is 0.358 e. The summed E-state index contributed by atoms with van der Waals surface area (Å²) in [6.07, 6.45) is -2.09. The molecular formula is C17H21F3N2O2. The summed E-state index contributed by atoms with van der Waals surface area (Å²) in [6, 6.07) is 4.74. The van der Waals surface area contributed by atoms with E-state index in [1.54, 1.807) is 13.0 Å². The maximum absolute atomic E-state index is 12.8. The third-order valence-electron chi connectivity index (χ3n) is 3.38. The van der Waals surface area contributed by atoms with Crippen molar-refractivity contribution in [1.29, 1.82) is 0 Å². The van der Waals surface area contributed by atoms with Gasteiger partial charge in [0.05, 0.1) is 5.56 Å². The van der Waals surface area contributed by atoms with Crippen LogP contribution >= 0.6 is 0 Å². The number of halogens is 3. The van der Waals surface area contributed by atoms with E-state index in [2.05, 4.69) is 5.32 Å². The first-order valence-electron chi connectivity index (χ1n) is 7.51. The van der Waals surface area contributed by atoms with Crippen molar-refractivity contribution >= 4 is 11.8 Å². The van der Waals surface area contributed by atoms with Crippen molar-refractivity contribution in [3.63, 3.8) is 0 Å². The van der Waals surface area contributed by atoms with E-state index in [0.717, 1.165) is 12.1 Å². The largest absolute Gasteiger partial charge is 0.416 e. The molecule has 0 aromatic heterocycles. The van der Waals surface area contributed by atoms with Crippen LogP contribution in [0.15, 0.2) is 35.9 Å². The van der Waals surface area contributed by atoms with Gasteiger partial charge in [-0.2, -0.15) is 13.2 Å². The number of rotatable bonds is 6. The molecule has 0 saturated heterocycles. The maximum Gasteiger partial charge on any atom is 0.416 e. The molecular weight excluding hydrogens is 321 g/mol. The van der Waals surface area contributed by atoms with Crippen molar-refractivity contribution in [2.75, 3.05) is 13.6 Å². The molecule has 1 rings (SSSR count). The van der Waals surface area contributed by atoms with Crippen molar-refractivity contribution in [1.82, 2.24) is 10.2 Å². The molecule has 0 fully saturated rings. The summed E-state index contributed by atoms with van der Waals surface area (Å²) in [7, 11) is 1.43. The number of amides is 2. The number of nitrogens with one attached hydrogen (secondary N) is 1. The number of hydrogen-bond acceptors (Lipinski definition) is 2. The van der Waals surface area contributed by atoms with Gasteiger partial charge in [-0.25, -0.2) is 0 Å². The first kappa shape index (κ1) is 19.7. The van der Waals surface area contributed by atoms with E-state index in [1.165, 1.54) is 24.1 Å². The Balaban J connectivity index is 3.06. The summed E-state index contributed by atoms with van der Waals surface area (Å²) in [5.41, 5.74) is -0.0204. The van der Waals surface area contributed by atoms with Gasteiger partial charge in [0.2, 0.25) is 11.8 Å². The molecule has 0 spiro atoms. The van der Waals surface area contributed by atoms with Crippen LogP contribution < -0.4 is 5.32 Å². The Bertz CT molecular complexity index is 625. The average Bonchev–Trinajstić information content (AvgIpc) is 2.53. The normalized spacial score (nSPS) is 12.0. The summed E-state index contributed by atoms with van der Waals surface area (Å²) in [5, 5.41) is 2.41. The standard InChI is InChI=1S/C17H21F3N2O2/c1-4-6-12(2)16(24)22(11-15(23)21-3)10-13-7-5-8-14(9-13)17(18,19)20/h5-9H,4,10-11H2,1-3H3,(H,21,23)/b12-6+. The van der Waals surface area contributed by atoms with Crippen molar-refractivity contribution in [2.45, 2.75) is 33.0 Å². The summed E-state index contributed by atoms with van der Waals surface area (Å²) in [5.74, 6) is -0.766. The van der Waals surface area contributed by atoms with Crippen LogP contribution in [0.3, 0.4) is 0 Å². The Kier molecular flexibility index (Phi) is 7.00. The first-order valence-corrected chi connectivity index (χ1v) is 7.51. The molecule has 24 heavy (non-hydrogen) atoms. The SMILES string of the molecule is CC/C=C(\C)C(=O)N(CC(=O)NC)Cc1cccc(C(F)(F)F)c1. The summed E-state index contributed by atoms with van der Waals surface area (Å²) >= 11 is 0. The number of likely N-dealkylation sites (N-methyl/N-ethyl adjacent to an activating group) is 1. The predicted molar refractivity (Wildman–Crippen MR) is 85.0 cm³/mol. The number of allylic oxidation sites excluding steroid dienone is 1. The van der Waals surface area contributed by atoms with E-state index >= 15 is 0 Å². The van der Waals surface area contributed by atoms with Crippen LogP contribution in [0, 0.1) is 0 Å².